The Labute approximate surface area is 118 Å². The largest absolute Gasteiger partial charge is 0.467 e. The minimum atomic E-state index is 0.439. The van der Waals surface area contributed by atoms with E-state index in [0.29, 0.717) is 6.04 Å². The monoisotopic (exact) mass is 266 g/mol. The maximum absolute atomic E-state index is 5.60. The molecule has 0 fully saturated rings. The first-order chi connectivity index (χ1) is 9.74. The fraction of sp³-hybridized carbons (Fsp3) is 0.235. The molecule has 0 aliphatic heterocycles. The summed E-state index contributed by atoms with van der Waals surface area (Å²) in [6.45, 7) is 5.00. The maximum Gasteiger partial charge on any atom is 0.125 e. The molecule has 20 heavy (non-hydrogen) atoms. The second-order valence-corrected chi connectivity index (χ2v) is 5.20. The van der Waals surface area contributed by atoms with Gasteiger partial charge in [0, 0.05) is 23.2 Å². The van der Waals surface area contributed by atoms with Crippen LogP contribution in [-0.4, -0.2) is 11.0 Å². The molecule has 3 aromatic rings. The first-order valence-corrected chi connectivity index (χ1v) is 6.89. The highest BCUT2D eigenvalue weighted by Gasteiger charge is 2.09. The van der Waals surface area contributed by atoms with Gasteiger partial charge in [0.25, 0.3) is 0 Å². The number of hydrogen-bond acceptors (Lipinski definition) is 3. The van der Waals surface area contributed by atoms with Crippen molar-refractivity contribution in [2.24, 2.45) is 0 Å². The molecule has 0 amide bonds. The molecule has 3 heteroatoms. The lowest BCUT2D eigenvalue weighted by Gasteiger charge is -2.08. The molecule has 1 aromatic carbocycles. The molecule has 0 saturated heterocycles. The number of benzene rings is 1. The quantitative estimate of drug-likeness (QED) is 0.775. The zero-order valence-corrected chi connectivity index (χ0v) is 11.8. The van der Waals surface area contributed by atoms with Crippen molar-refractivity contribution in [1.29, 1.82) is 0 Å². The number of nitrogens with zero attached hydrogens (tertiary/aromatic N) is 1. The first-order valence-electron chi connectivity index (χ1n) is 6.89. The number of nitrogens with one attached hydrogen (secondary N) is 1. The summed E-state index contributed by atoms with van der Waals surface area (Å²) in [5.41, 5.74) is 3.32. The average molecular weight is 266 g/mol. The van der Waals surface area contributed by atoms with Gasteiger partial charge < -0.3 is 9.73 Å². The fourth-order valence-corrected chi connectivity index (χ4v) is 2.27. The Morgan fingerprint density at radius 1 is 1.20 bits per heavy atom. The van der Waals surface area contributed by atoms with Crippen molar-refractivity contribution in [3.63, 3.8) is 0 Å². The molecule has 0 saturated carbocycles. The van der Waals surface area contributed by atoms with Crippen LogP contribution >= 0.6 is 0 Å². The number of rotatable bonds is 4. The van der Waals surface area contributed by atoms with Crippen LogP contribution in [0.1, 0.15) is 19.6 Å². The SMILES string of the molecule is CC(C)NCc1occc1-c1ccc2ncccc2c1. The van der Waals surface area contributed by atoms with E-state index in [1.165, 1.54) is 5.56 Å². The average Bonchev–Trinajstić information content (AvgIpc) is 2.93. The zero-order chi connectivity index (χ0) is 13.9. The molecule has 0 spiro atoms. The summed E-state index contributed by atoms with van der Waals surface area (Å²) in [6, 6.07) is 12.8. The lowest BCUT2D eigenvalue weighted by molar-refractivity contribution is 0.466. The molecule has 2 aromatic heterocycles. The molecule has 0 radical (unpaired) electrons. The summed E-state index contributed by atoms with van der Waals surface area (Å²) < 4.78 is 5.60. The van der Waals surface area contributed by atoms with Gasteiger partial charge in [-0.2, -0.15) is 0 Å². The highest BCUT2D eigenvalue weighted by molar-refractivity contribution is 5.84. The molecule has 0 atom stereocenters. The lowest BCUT2D eigenvalue weighted by Crippen LogP contribution is -2.21. The molecule has 2 heterocycles. The zero-order valence-electron chi connectivity index (χ0n) is 11.8. The number of aromatic nitrogens is 1. The number of fused-ring (bicyclic) bond motifs is 1. The van der Waals surface area contributed by atoms with Crippen molar-refractivity contribution in [1.82, 2.24) is 10.3 Å². The van der Waals surface area contributed by atoms with Gasteiger partial charge in [-0.3, -0.25) is 4.98 Å². The van der Waals surface area contributed by atoms with Crippen LogP contribution in [0.15, 0.2) is 53.3 Å². The van der Waals surface area contributed by atoms with Crippen LogP contribution in [0.2, 0.25) is 0 Å². The van der Waals surface area contributed by atoms with Crippen LogP contribution in [-0.2, 0) is 6.54 Å². The van der Waals surface area contributed by atoms with Crippen molar-refractivity contribution in [3.05, 3.63) is 54.6 Å². The molecule has 0 aliphatic rings. The molecule has 1 N–H and O–H groups in total. The Morgan fingerprint density at radius 3 is 2.95 bits per heavy atom. The highest BCUT2D eigenvalue weighted by Crippen LogP contribution is 2.27. The summed E-state index contributed by atoms with van der Waals surface area (Å²) >= 11 is 0. The predicted octanol–water partition coefficient (Wildman–Crippen LogP) is 3.99. The van der Waals surface area contributed by atoms with Crippen molar-refractivity contribution >= 4 is 10.9 Å². The Balaban J connectivity index is 1.96. The molecular formula is C17H18N2O. The van der Waals surface area contributed by atoms with E-state index >= 15 is 0 Å². The smallest absolute Gasteiger partial charge is 0.125 e. The third-order valence-corrected chi connectivity index (χ3v) is 3.33. The summed E-state index contributed by atoms with van der Waals surface area (Å²) in [5.74, 6) is 0.974. The van der Waals surface area contributed by atoms with Crippen LogP contribution in [0, 0.1) is 0 Å². The van der Waals surface area contributed by atoms with Crippen LogP contribution in [0.4, 0.5) is 0 Å². The fourth-order valence-electron chi connectivity index (χ4n) is 2.27. The number of hydrogen-bond donors (Lipinski definition) is 1. The minimum Gasteiger partial charge on any atom is -0.467 e. The topological polar surface area (TPSA) is 38.1 Å². The normalized spacial score (nSPS) is 11.3. The summed E-state index contributed by atoms with van der Waals surface area (Å²) in [4.78, 5) is 4.35. The molecule has 0 bridgehead atoms. The second kappa shape index (κ2) is 5.47. The van der Waals surface area contributed by atoms with E-state index in [1.807, 2.05) is 18.3 Å². The van der Waals surface area contributed by atoms with E-state index in [2.05, 4.69) is 48.4 Å². The van der Waals surface area contributed by atoms with E-state index in [0.717, 1.165) is 28.8 Å². The summed E-state index contributed by atoms with van der Waals surface area (Å²) in [7, 11) is 0. The van der Waals surface area contributed by atoms with Crippen molar-refractivity contribution in [3.8, 4) is 11.1 Å². The summed E-state index contributed by atoms with van der Waals surface area (Å²) in [5, 5.41) is 4.54. The first kappa shape index (κ1) is 12.9. The maximum atomic E-state index is 5.60. The highest BCUT2D eigenvalue weighted by atomic mass is 16.3. The molecular weight excluding hydrogens is 248 g/mol. The van der Waals surface area contributed by atoms with Crippen LogP contribution in [0.25, 0.3) is 22.0 Å². The molecule has 102 valence electrons. The van der Waals surface area contributed by atoms with E-state index in [4.69, 9.17) is 4.42 Å². The Morgan fingerprint density at radius 2 is 2.10 bits per heavy atom. The summed E-state index contributed by atoms with van der Waals surface area (Å²) in [6.07, 6.45) is 3.57. The van der Waals surface area contributed by atoms with E-state index in [9.17, 15) is 0 Å². The van der Waals surface area contributed by atoms with Crippen molar-refractivity contribution in [2.45, 2.75) is 26.4 Å². The Bertz CT molecular complexity index is 716. The molecule has 0 unspecified atom stereocenters. The minimum absolute atomic E-state index is 0.439. The van der Waals surface area contributed by atoms with Gasteiger partial charge in [-0.05, 0) is 29.8 Å². The predicted molar refractivity (Wildman–Crippen MR) is 81.4 cm³/mol. The lowest BCUT2D eigenvalue weighted by atomic mass is 10.0. The molecule has 3 rings (SSSR count). The van der Waals surface area contributed by atoms with Gasteiger partial charge in [0.05, 0.1) is 18.3 Å². The molecule has 0 aliphatic carbocycles. The standard InChI is InChI=1S/C17H18N2O/c1-12(2)19-11-17-15(7-9-20-17)13-5-6-16-14(10-13)4-3-8-18-16/h3-10,12,19H,11H2,1-2H3. The van der Waals surface area contributed by atoms with Crippen molar-refractivity contribution in [2.75, 3.05) is 0 Å². The van der Waals surface area contributed by atoms with Crippen LogP contribution in [0.5, 0.6) is 0 Å². The van der Waals surface area contributed by atoms with Gasteiger partial charge in [0.15, 0.2) is 0 Å². The van der Waals surface area contributed by atoms with Gasteiger partial charge >= 0.3 is 0 Å². The third kappa shape index (κ3) is 2.58. The molecule has 3 nitrogen and oxygen atoms in total. The second-order valence-electron chi connectivity index (χ2n) is 5.20. The van der Waals surface area contributed by atoms with Crippen molar-refractivity contribution < 1.29 is 4.42 Å². The number of pyridine rings is 1. The Hall–Kier alpha value is -2.13. The van der Waals surface area contributed by atoms with Gasteiger partial charge in [-0.25, -0.2) is 0 Å². The van der Waals surface area contributed by atoms with E-state index in [-0.39, 0.29) is 0 Å². The van der Waals surface area contributed by atoms with Gasteiger partial charge in [-0.1, -0.05) is 26.0 Å². The van der Waals surface area contributed by atoms with Gasteiger partial charge in [0.2, 0.25) is 0 Å². The van der Waals surface area contributed by atoms with Gasteiger partial charge in [-0.15, -0.1) is 0 Å². The number of furan rings is 1. The Kier molecular flexibility index (Phi) is 3.52. The van der Waals surface area contributed by atoms with Crippen LogP contribution in [0.3, 0.4) is 0 Å². The van der Waals surface area contributed by atoms with Gasteiger partial charge in [0.1, 0.15) is 5.76 Å². The van der Waals surface area contributed by atoms with E-state index < -0.39 is 0 Å². The van der Waals surface area contributed by atoms with E-state index in [1.54, 1.807) is 6.26 Å². The third-order valence-electron chi connectivity index (χ3n) is 3.33. The van der Waals surface area contributed by atoms with Crippen LogP contribution < -0.4 is 5.32 Å².